The average Bonchev–Trinajstić information content (AvgIpc) is 3.25. The van der Waals surface area contributed by atoms with Gasteiger partial charge in [0.05, 0.1) is 4.47 Å². The minimum Gasteiger partial charge on any atom is -0.483 e. The third-order valence-corrected chi connectivity index (χ3v) is 6.57. The van der Waals surface area contributed by atoms with Crippen LogP contribution in [0.25, 0.3) is 0 Å². The standard InChI is InChI=1S/C24H28BrClN2O3/c1-16-7-3-4-8-18(16)14-28(17(2)24(30)27-20-9-5-6-10-20)23(29)15-31-22-12-11-19(26)13-21(22)25/h3-4,7-8,11-13,17,20H,5-6,9-10,14-15H2,1-2H3,(H,27,30)/t17-/m0/s1. The topological polar surface area (TPSA) is 58.6 Å². The van der Waals surface area contributed by atoms with Crippen molar-refractivity contribution in [3.05, 3.63) is 63.1 Å². The second-order valence-electron chi connectivity index (χ2n) is 7.98. The van der Waals surface area contributed by atoms with E-state index in [2.05, 4.69) is 21.2 Å². The summed E-state index contributed by atoms with van der Waals surface area (Å²) < 4.78 is 6.41. The third kappa shape index (κ3) is 6.47. The Morgan fingerprint density at radius 2 is 1.94 bits per heavy atom. The number of rotatable bonds is 8. The fourth-order valence-electron chi connectivity index (χ4n) is 3.76. The zero-order chi connectivity index (χ0) is 22.4. The molecule has 0 radical (unpaired) electrons. The summed E-state index contributed by atoms with van der Waals surface area (Å²) in [6, 6.07) is 12.6. The molecule has 0 unspecified atom stereocenters. The molecule has 0 aliphatic heterocycles. The summed E-state index contributed by atoms with van der Waals surface area (Å²) in [5.74, 6) is 0.150. The molecule has 3 rings (SSSR count). The Hall–Kier alpha value is -2.05. The van der Waals surface area contributed by atoms with Crippen LogP contribution in [0.3, 0.4) is 0 Å². The molecular formula is C24H28BrClN2O3. The van der Waals surface area contributed by atoms with Crippen LogP contribution >= 0.6 is 27.5 Å². The van der Waals surface area contributed by atoms with Gasteiger partial charge in [-0.2, -0.15) is 0 Å². The zero-order valence-corrected chi connectivity index (χ0v) is 20.2. The number of halogens is 2. The molecule has 0 saturated heterocycles. The van der Waals surface area contributed by atoms with Crippen molar-refractivity contribution in [3.63, 3.8) is 0 Å². The van der Waals surface area contributed by atoms with Crippen LogP contribution in [0.2, 0.25) is 5.02 Å². The largest absolute Gasteiger partial charge is 0.483 e. The molecule has 1 saturated carbocycles. The Morgan fingerprint density at radius 3 is 2.61 bits per heavy atom. The summed E-state index contributed by atoms with van der Waals surface area (Å²) in [6.07, 6.45) is 4.26. The minimum absolute atomic E-state index is 0.124. The van der Waals surface area contributed by atoms with E-state index in [0.29, 0.717) is 21.8 Å². The van der Waals surface area contributed by atoms with Crippen molar-refractivity contribution in [2.24, 2.45) is 0 Å². The van der Waals surface area contributed by atoms with E-state index in [9.17, 15) is 9.59 Å². The van der Waals surface area contributed by atoms with Crippen LogP contribution in [0, 0.1) is 6.92 Å². The van der Waals surface area contributed by atoms with E-state index >= 15 is 0 Å². The maximum atomic E-state index is 13.2. The van der Waals surface area contributed by atoms with Crippen LogP contribution < -0.4 is 10.1 Å². The molecule has 2 aromatic rings. The Bertz CT molecular complexity index is 931. The summed E-state index contributed by atoms with van der Waals surface area (Å²) in [6.45, 7) is 3.95. The van der Waals surface area contributed by atoms with Gasteiger partial charge in [0.15, 0.2) is 6.61 Å². The second kappa shape index (κ2) is 11.0. The molecule has 1 N–H and O–H groups in total. The lowest BCUT2D eigenvalue weighted by Crippen LogP contribution is -2.50. The van der Waals surface area contributed by atoms with Gasteiger partial charge in [0, 0.05) is 17.6 Å². The third-order valence-electron chi connectivity index (χ3n) is 5.72. The molecule has 1 aliphatic carbocycles. The second-order valence-corrected chi connectivity index (χ2v) is 9.27. The fourth-order valence-corrected chi connectivity index (χ4v) is 4.56. The quantitative estimate of drug-likeness (QED) is 0.530. The number of ether oxygens (including phenoxy) is 1. The molecule has 2 amide bonds. The van der Waals surface area contributed by atoms with Crippen LogP contribution in [0.15, 0.2) is 46.9 Å². The number of nitrogens with zero attached hydrogens (tertiary/aromatic N) is 1. The van der Waals surface area contributed by atoms with Crippen molar-refractivity contribution in [2.45, 2.75) is 58.2 Å². The monoisotopic (exact) mass is 506 g/mol. The van der Waals surface area contributed by atoms with Gasteiger partial charge in [-0.15, -0.1) is 0 Å². The number of hydrogen-bond donors (Lipinski definition) is 1. The summed E-state index contributed by atoms with van der Waals surface area (Å²) in [5, 5.41) is 3.68. The lowest BCUT2D eigenvalue weighted by molar-refractivity contribution is -0.142. The van der Waals surface area contributed by atoms with E-state index < -0.39 is 6.04 Å². The molecule has 1 aliphatic rings. The van der Waals surface area contributed by atoms with E-state index in [-0.39, 0.29) is 24.5 Å². The maximum absolute atomic E-state index is 13.2. The molecule has 2 aromatic carbocycles. The van der Waals surface area contributed by atoms with Gasteiger partial charge in [-0.25, -0.2) is 0 Å². The Morgan fingerprint density at radius 1 is 1.23 bits per heavy atom. The predicted molar refractivity (Wildman–Crippen MR) is 126 cm³/mol. The van der Waals surface area contributed by atoms with E-state index in [1.807, 2.05) is 31.2 Å². The van der Waals surface area contributed by atoms with Gasteiger partial charge in [-0.3, -0.25) is 9.59 Å². The van der Waals surface area contributed by atoms with Gasteiger partial charge < -0.3 is 15.0 Å². The van der Waals surface area contributed by atoms with Gasteiger partial charge in [-0.1, -0.05) is 48.7 Å². The predicted octanol–water partition coefficient (Wildman–Crippen LogP) is 5.27. The zero-order valence-electron chi connectivity index (χ0n) is 17.9. The summed E-state index contributed by atoms with van der Waals surface area (Å²) in [7, 11) is 0. The van der Waals surface area contributed by atoms with Gasteiger partial charge >= 0.3 is 0 Å². The number of hydrogen-bond acceptors (Lipinski definition) is 3. The van der Waals surface area contributed by atoms with Gasteiger partial charge in [0.25, 0.3) is 5.91 Å². The van der Waals surface area contributed by atoms with Crippen molar-refractivity contribution >= 4 is 39.3 Å². The number of nitrogens with one attached hydrogen (secondary N) is 1. The van der Waals surface area contributed by atoms with E-state index in [4.69, 9.17) is 16.3 Å². The van der Waals surface area contributed by atoms with E-state index in [1.165, 1.54) is 0 Å². The van der Waals surface area contributed by atoms with Crippen LogP contribution in [0.5, 0.6) is 5.75 Å². The maximum Gasteiger partial charge on any atom is 0.261 e. The first kappa shape index (κ1) is 23.6. The van der Waals surface area contributed by atoms with Crippen molar-refractivity contribution in [3.8, 4) is 5.75 Å². The van der Waals surface area contributed by atoms with E-state index in [1.54, 1.807) is 30.0 Å². The number of carbonyl (C=O) groups excluding carboxylic acids is 2. The molecule has 31 heavy (non-hydrogen) atoms. The smallest absolute Gasteiger partial charge is 0.261 e. The van der Waals surface area contributed by atoms with Crippen molar-refractivity contribution < 1.29 is 14.3 Å². The number of carbonyl (C=O) groups is 2. The molecule has 5 nitrogen and oxygen atoms in total. The fraction of sp³-hybridized carbons (Fsp3) is 0.417. The van der Waals surface area contributed by atoms with Gasteiger partial charge in [0.2, 0.25) is 5.91 Å². The molecule has 166 valence electrons. The molecule has 1 fully saturated rings. The van der Waals surface area contributed by atoms with Crippen LogP contribution in [-0.2, 0) is 16.1 Å². The van der Waals surface area contributed by atoms with Gasteiger partial charge in [-0.05, 0) is 71.9 Å². The minimum atomic E-state index is -0.607. The highest BCUT2D eigenvalue weighted by atomic mass is 79.9. The highest BCUT2D eigenvalue weighted by Crippen LogP contribution is 2.28. The molecule has 0 spiro atoms. The summed E-state index contributed by atoms with van der Waals surface area (Å²) in [4.78, 5) is 27.7. The first-order valence-electron chi connectivity index (χ1n) is 10.6. The van der Waals surface area contributed by atoms with Crippen molar-refractivity contribution in [2.75, 3.05) is 6.61 Å². The van der Waals surface area contributed by atoms with Crippen LogP contribution in [-0.4, -0.2) is 35.4 Å². The molecule has 0 heterocycles. The average molecular weight is 508 g/mol. The molecular weight excluding hydrogens is 480 g/mol. The van der Waals surface area contributed by atoms with E-state index in [0.717, 1.165) is 36.8 Å². The Labute approximate surface area is 197 Å². The molecule has 1 atom stereocenters. The molecule has 0 aromatic heterocycles. The first-order chi connectivity index (χ1) is 14.8. The lowest BCUT2D eigenvalue weighted by Gasteiger charge is -2.30. The van der Waals surface area contributed by atoms with Crippen LogP contribution in [0.1, 0.15) is 43.7 Å². The van der Waals surface area contributed by atoms with Crippen molar-refractivity contribution in [1.82, 2.24) is 10.2 Å². The normalized spacial score (nSPS) is 14.8. The van der Waals surface area contributed by atoms with Crippen LogP contribution in [0.4, 0.5) is 0 Å². The highest BCUT2D eigenvalue weighted by molar-refractivity contribution is 9.10. The SMILES string of the molecule is Cc1ccccc1CN(C(=O)COc1ccc(Cl)cc1Br)[C@@H](C)C(=O)NC1CCCC1. The molecule has 0 bridgehead atoms. The molecule has 7 heteroatoms. The highest BCUT2D eigenvalue weighted by Gasteiger charge is 2.29. The summed E-state index contributed by atoms with van der Waals surface area (Å²) in [5.41, 5.74) is 2.08. The van der Waals surface area contributed by atoms with Crippen molar-refractivity contribution in [1.29, 1.82) is 0 Å². The number of aryl methyl sites for hydroxylation is 1. The Balaban J connectivity index is 1.74. The number of benzene rings is 2. The van der Waals surface area contributed by atoms with Gasteiger partial charge in [0.1, 0.15) is 11.8 Å². The first-order valence-corrected chi connectivity index (χ1v) is 11.7. The Kier molecular flexibility index (Phi) is 8.38. The lowest BCUT2D eigenvalue weighted by atomic mass is 10.1. The number of amides is 2. The summed E-state index contributed by atoms with van der Waals surface area (Å²) >= 11 is 9.38.